The second kappa shape index (κ2) is 7.73. The van der Waals surface area contributed by atoms with Gasteiger partial charge in [-0.15, -0.1) is 0 Å². The molecule has 1 aliphatic rings. The molecule has 0 aliphatic heterocycles. The molecule has 0 unspecified atom stereocenters. The van der Waals surface area contributed by atoms with Crippen LogP contribution in [-0.2, 0) is 19.4 Å². The Hall–Kier alpha value is -1.68. The van der Waals surface area contributed by atoms with Gasteiger partial charge in [-0.2, -0.15) is 5.10 Å². The van der Waals surface area contributed by atoms with Crippen LogP contribution in [0.15, 0.2) is 30.3 Å². The minimum atomic E-state index is 0.337. The van der Waals surface area contributed by atoms with E-state index in [0.29, 0.717) is 12.0 Å². The summed E-state index contributed by atoms with van der Waals surface area (Å²) in [4.78, 5) is 4.89. The van der Waals surface area contributed by atoms with Gasteiger partial charge in [0, 0.05) is 24.9 Å². The van der Waals surface area contributed by atoms with Gasteiger partial charge in [0.2, 0.25) is 0 Å². The molecule has 1 heterocycles. The van der Waals surface area contributed by atoms with E-state index in [-0.39, 0.29) is 0 Å². The summed E-state index contributed by atoms with van der Waals surface area (Å²) in [6.07, 6.45) is 7.59. The van der Waals surface area contributed by atoms with Crippen molar-refractivity contribution in [3.63, 3.8) is 0 Å². The highest BCUT2D eigenvalue weighted by atomic mass is 15.3. The molecule has 124 valence electrons. The minimum absolute atomic E-state index is 0.337. The molecule has 1 saturated carbocycles. The predicted octanol–water partition coefficient (Wildman–Crippen LogP) is 3.46. The summed E-state index contributed by atoms with van der Waals surface area (Å²) in [6, 6.07) is 10.9. The van der Waals surface area contributed by atoms with Crippen LogP contribution in [0.2, 0.25) is 0 Å². The van der Waals surface area contributed by atoms with Crippen LogP contribution >= 0.6 is 0 Å². The predicted molar refractivity (Wildman–Crippen MR) is 93.3 cm³/mol. The Bertz CT molecular complexity index is 605. The highest BCUT2D eigenvalue weighted by molar-refractivity contribution is 5.15. The van der Waals surface area contributed by atoms with Crippen molar-refractivity contribution in [3.05, 3.63) is 47.5 Å². The van der Waals surface area contributed by atoms with Gasteiger partial charge < -0.3 is 5.73 Å². The lowest BCUT2D eigenvalue weighted by atomic mass is 10.1. The Labute approximate surface area is 139 Å². The number of rotatable bonds is 7. The van der Waals surface area contributed by atoms with Crippen LogP contribution in [0, 0.1) is 0 Å². The van der Waals surface area contributed by atoms with Gasteiger partial charge in [-0.3, -0.25) is 0 Å². The summed E-state index contributed by atoms with van der Waals surface area (Å²) in [7, 11) is 0. The molecule has 0 radical (unpaired) electrons. The van der Waals surface area contributed by atoms with E-state index in [9.17, 15) is 0 Å². The number of nitrogens with two attached hydrogens (primary N) is 1. The molecule has 2 atom stereocenters. The van der Waals surface area contributed by atoms with Crippen molar-refractivity contribution in [1.29, 1.82) is 0 Å². The first-order valence-corrected chi connectivity index (χ1v) is 8.99. The molecule has 0 amide bonds. The Morgan fingerprint density at radius 3 is 2.70 bits per heavy atom. The quantitative estimate of drug-likeness (QED) is 0.852. The summed E-state index contributed by atoms with van der Waals surface area (Å²) < 4.78 is 2.16. The first-order valence-electron chi connectivity index (χ1n) is 8.99. The van der Waals surface area contributed by atoms with Crippen LogP contribution in [-0.4, -0.2) is 20.8 Å². The van der Waals surface area contributed by atoms with E-state index in [2.05, 4.69) is 41.9 Å². The van der Waals surface area contributed by atoms with E-state index in [1.165, 1.54) is 17.8 Å². The average molecular weight is 312 g/mol. The van der Waals surface area contributed by atoms with Crippen LogP contribution in [0.5, 0.6) is 0 Å². The van der Waals surface area contributed by atoms with Crippen LogP contribution in [0.3, 0.4) is 0 Å². The molecule has 4 nitrogen and oxygen atoms in total. The molecule has 0 bridgehead atoms. The molecule has 1 aliphatic carbocycles. The van der Waals surface area contributed by atoms with E-state index in [1.807, 2.05) is 0 Å². The summed E-state index contributed by atoms with van der Waals surface area (Å²) in [5, 5.41) is 4.80. The Morgan fingerprint density at radius 2 is 2.00 bits per heavy atom. The maximum absolute atomic E-state index is 6.10. The Kier molecular flexibility index (Phi) is 5.44. The van der Waals surface area contributed by atoms with E-state index in [0.717, 1.165) is 50.9 Å². The topological polar surface area (TPSA) is 56.7 Å². The SMILES string of the molecule is CCCCn1nc(CCc2ccccc2)nc1[C@H]1CC[C@@H](N)C1. The number of unbranched alkanes of at least 4 members (excludes halogenated alkanes) is 1. The summed E-state index contributed by atoms with van der Waals surface area (Å²) in [5.41, 5.74) is 7.45. The van der Waals surface area contributed by atoms with Crippen LogP contribution in [0.25, 0.3) is 0 Å². The summed E-state index contributed by atoms with van der Waals surface area (Å²) >= 11 is 0. The minimum Gasteiger partial charge on any atom is -0.328 e. The number of benzene rings is 1. The molecular weight excluding hydrogens is 284 g/mol. The highest BCUT2D eigenvalue weighted by Gasteiger charge is 2.27. The zero-order valence-corrected chi connectivity index (χ0v) is 14.1. The lowest BCUT2D eigenvalue weighted by Gasteiger charge is -2.10. The molecule has 1 fully saturated rings. The monoisotopic (exact) mass is 312 g/mol. The zero-order valence-electron chi connectivity index (χ0n) is 14.1. The third kappa shape index (κ3) is 4.20. The van der Waals surface area contributed by atoms with E-state index in [1.54, 1.807) is 0 Å². The highest BCUT2D eigenvalue weighted by Crippen LogP contribution is 2.32. The van der Waals surface area contributed by atoms with Crippen molar-refractivity contribution in [3.8, 4) is 0 Å². The lowest BCUT2D eigenvalue weighted by molar-refractivity contribution is 0.508. The molecule has 4 heteroatoms. The lowest BCUT2D eigenvalue weighted by Crippen LogP contribution is -2.15. The van der Waals surface area contributed by atoms with Crippen molar-refractivity contribution in [2.75, 3.05) is 0 Å². The third-order valence-corrected chi connectivity index (χ3v) is 4.79. The van der Waals surface area contributed by atoms with E-state index >= 15 is 0 Å². The standard InChI is InChI=1S/C19H28N4/c1-2-3-13-23-19(16-10-11-17(20)14-16)21-18(22-23)12-9-15-7-5-4-6-8-15/h4-8,16-17H,2-3,9-14,20H2,1H3/t16-,17+/m0/s1. The van der Waals surface area contributed by atoms with Crippen molar-refractivity contribution < 1.29 is 0 Å². The zero-order chi connectivity index (χ0) is 16.1. The molecule has 2 N–H and O–H groups in total. The third-order valence-electron chi connectivity index (χ3n) is 4.79. The smallest absolute Gasteiger partial charge is 0.151 e. The maximum atomic E-state index is 6.10. The number of hydrogen-bond donors (Lipinski definition) is 1. The van der Waals surface area contributed by atoms with E-state index in [4.69, 9.17) is 15.8 Å². The van der Waals surface area contributed by atoms with Crippen molar-refractivity contribution in [1.82, 2.24) is 14.8 Å². The van der Waals surface area contributed by atoms with Gasteiger partial charge in [0.1, 0.15) is 5.82 Å². The van der Waals surface area contributed by atoms with Crippen molar-refractivity contribution in [2.45, 2.75) is 70.4 Å². The molecule has 1 aromatic carbocycles. The molecule has 3 rings (SSSR count). The maximum Gasteiger partial charge on any atom is 0.151 e. The first kappa shape index (κ1) is 16.2. The Morgan fingerprint density at radius 1 is 1.17 bits per heavy atom. The largest absolute Gasteiger partial charge is 0.328 e. The second-order valence-electron chi connectivity index (χ2n) is 6.72. The molecule has 2 aromatic rings. The van der Waals surface area contributed by atoms with Gasteiger partial charge in [-0.05, 0) is 37.7 Å². The molecule has 0 saturated heterocycles. The Balaban J connectivity index is 1.71. The normalized spacial score (nSPS) is 21.0. The summed E-state index contributed by atoms with van der Waals surface area (Å²) in [6.45, 7) is 3.20. The fourth-order valence-electron chi connectivity index (χ4n) is 3.43. The van der Waals surface area contributed by atoms with Gasteiger partial charge in [0.05, 0.1) is 0 Å². The van der Waals surface area contributed by atoms with Gasteiger partial charge in [-0.1, -0.05) is 43.7 Å². The number of aromatic nitrogens is 3. The summed E-state index contributed by atoms with van der Waals surface area (Å²) in [5.74, 6) is 2.66. The van der Waals surface area contributed by atoms with Crippen LogP contribution in [0.4, 0.5) is 0 Å². The number of nitrogens with zero attached hydrogens (tertiary/aromatic N) is 3. The molecular formula is C19H28N4. The van der Waals surface area contributed by atoms with Gasteiger partial charge >= 0.3 is 0 Å². The van der Waals surface area contributed by atoms with E-state index < -0.39 is 0 Å². The number of aryl methyl sites for hydroxylation is 3. The second-order valence-corrected chi connectivity index (χ2v) is 6.72. The molecule has 1 aromatic heterocycles. The first-order chi connectivity index (χ1) is 11.3. The average Bonchev–Trinajstić information content (AvgIpc) is 3.18. The molecule has 0 spiro atoms. The molecule has 23 heavy (non-hydrogen) atoms. The van der Waals surface area contributed by atoms with Crippen LogP contribution < -0.4 is 5.73 Å². The van der Waals surface area contributed by atoms with Crippen molar-refractivity contribution >= 4 is 0 Å². The van der Waals surface area contributed by atoms with Gasteiger partial charge in [0.25, 0.3) is 0 Å². The van der Waals surface area contributed by atoms with Crippen molar-refractivity contribution in [2.24, 2.45) is 5.73 Å². The fourth-order valence-corrected chi connectivity index (χ4v) is 3.43. The van der Waals surface area contributed by atoms with Gasteiger partial charge in [-0.25, -0.2) is 9.67 Å². The van der Waals surface area contributed by atoms with Crippen LogP contribution in [0.1, 0.15) is 62.2 Å². The number of hydrogen-bond acceptors (Lipinski definition) is 3. The fraction of sp³-hybridized carbons (Fsp3) is 0.579. The van der Waals surface area contributed by atoms with Gasteiger partial charge in [0.15, 0.2) is 5.82 Å².